The van der Waals surface area contributed by atoms with E-state index in [1.165, 1.54) is 0 Å². The van der Waals surface area contributed by atoms with Crippen LogP contribution in [0.4, 0.5) is 0 Å². The molecule has 2 aromatic rings. The number of rotatable bonds is 1. The molecule has 0 saturated carbocycles. The third-order valence-electron chi connectivity index (χ3n) is 3.89. The first-order valence-corrected chi connectivity index (χ1v) is 6.98. The molecule has 0 radical (unpaired) electrons. The summed E-state index contributed by atoms with van der Waals surface area (Å²) in [6.07, 6.45) is -0.334. The van der Waals surface area contributed by atoms with Crippen LogP contribution in [0.2, 0.25) is 0 Å². The SMILES string of the molecule is O=C1NCc2ccccc2C2OC(c3ccccc3)=NC12. The maximum atomic E-state index is 12.2. The van der Waals surface area contributed by atoms with Crippen LogP contribution in [-0.4, -0.2) is 17.8 Å². The highest BCUT2D eigenvalue weighted by Crippen LogP contribution is 2.34. The number of amides is 1. The molecule has 2 aliphatic heterocycles. The highest BCUT2D eigenvalue weighted by Gasteiger charge is 2.40. The van der Waals surface area contributed by atoms with Gasteiger partial charge in [0, 0.05) is 17.7 Å². The lowest BCUT2D eigenvalue weighted by Crippen LogP contribution is -2.32. The summed E-state index contributed by atoms with van der Waals surface area (Å²) in [5.74, 6) is 0.458. The summed E-state index contributed by atoms with van der Waals surface area (Å²) in [5, 5.41) is 2.92. The Kier molecular flexibility index (Phi) is 2.74. The van der Waals surface area contributed by atoms with Crippen LogP contribution in [-0.2, 0) is 16.1 Å². The molecule has 4 heteroatoms. The zero-order valence-electron chi connectivity index (χ0n) is 11.3. The van der Waals surface area contributed by atoms with Crippen molar-refractivity contribution in [3.05, 3.63) is 71.3 Å². The summed E-state index contributed by atoms with van der Waals surface area (Å²) in [6.45, 7) is 0.529. The fraction of sp³-hybridized carbons (Fsp3) is 0.176. The van der Waals surface area contributed by atoms with Gasteiger partial charge in [-0.1, -0.05) is 42.5 Å². The Bertz CT molecular complexity index is 725. The summed E-state index contributed by atoms with van der Waals surface area (Å²) < 4.78 is 6.02. The Morgan fingerprint density at radius 1 is 1.05 bits per heavy atom. The third kappa shape index (κ3) is 2.00. The second-order valence-electron chi connectivity index (χ2n) is 5.20. The third-order valence-corrected chi connectivity index (χ3v) is 3.89. The smallest absolute Gasteiger partial charge is 0.249 e. The monoisotopic (exact) mass is 278 g/mol. The van der Waals surface area contributed by atoms with Crippen LogP contribution < -0.4 is 5.32 Å². The predicted molar refractivity (Wildman–Crippen MR) is 78.9 cm³/mol. The van der Waals surface area contributed by atoms with Gasteiger partial charge in [-0.2, -0.15) is 0 Å². The van der Waals surface area contributed by atoms with Crippen LogP contribution in [0, 0.1) is 0 Å². The standard InChI is InChI=1S/C17H14N2O2/c20-16-14-15(13-9-5-4-8-12(13)10-18-16)21-17(19-14)11-6-2-1-3-7-11/h1-9,14-15H,10H2,(H,18,20). The molecule has 0 aliphatic carbocycles. The molecule has 2 heterocycles. The molecule has 0 spiro atoms. The maximum Gasteiger partial charge on any atom is 0.249 e. The van der Waals surface area contributed by atoms with E-state index in [0.717, 1.165) is 16.7 Å². The molecule has 4 nitrogen and oxygen atoms in total. The summed E-state index contributed by atoms with van der Waals surface area (Å²) in [5.41, 5.74) is 3.02. The fourth-order valence-corrected chi connectivity index (χ4v) is 2.82. The van der Waals surface area contributed by atoms with E-state index in [0.29, 0.717) is 12.4 Å². The summed E-state index contributed by atoms with van der Waals surface area (Å²) >= 11 is 0. The molecule has 0 saturated heterocycles. The van der Waals surface area contributed by atoms with E-state index in [9.17, 15) is 4.79 Å². The van der Waals surface area contributed by atoms with E-state index in [-0.39, 0.29) is 12.0 Å². The van der Waals surface area contributed by atoms with Gasteiger partial charge in [0.15, 0.2) is 12.1 Å². The van der Waals surface area contributed by atoms with E-state index in [1.54, 1.807) is 0 Å². The lowest BCUT2D eigenvalue weighted by atomic mass is 9.99. The molecule has 0 bridgehead atoms. The van der Waals surface area contributed by atoms with Crippen molar-refractivity contribution in [2.24, 2.45) is 4.99 Å². The van der Waals surface area contributed by atoms with E-state index >= 15 is 0 Å². The van der Waals surface area contributed by atoms with E-state index < -0.39 is 6.04 Å². The minimum Gasteiger partial charge on any atom is -0.466 e. The predicted octanol–water partition coefficient (Wildman–Crippen LogP) is 2.20. The topological polar surface area (TPSA) is 50.7 Å². The van der Waals surface area contributed by atoms with Crippen molar-refractivity contribution in [2.45, 2.75) is 18.7 Å². The second kappa shape index (κ2) is 4.74. The van der Waals surface area contributed by atoms with Gasteiger partial charge in [0.05, 0.1) is 0 Å². The van der Waals surface area contributed by atoms with E-state index in [2.05, 4.69) is 10.3 Å². The highest BCUT2D eigenvalue weighted by molar-refractivity contribution is 5.99. The minimum atomic E-state index is -0.510. The van der Waals surface area contributed by atoms with Gasteiger partial charge in [-0.05, 0) is 17.7 Å². The molecule has 21 heavy (non-hydrogen) atoms. The summed E-state index contributed by atoms with van der Waals surface area (Å²) in [4.78, 5) is 16.7. The molecule has 2 aliphatic rings. The van der Waals surface area contributed by atoms with E-state index in [1.807, 2.05) is 54.6 Å². The quantitative estimate of drug-likeness (QED) is 0.869. The highest BCUT2D eigenvalue weighted by atomic mass is 16.5. The van der Waals surface area contributed by atoms with Gasteiger partial charge in [-0.25, -0.2) is 4.99 Å². The van der Waals surface area contributed by atoms with Crippen molar-refractivity contribution >= 4 is 11.8 Å². The first-order chi connectivity index (χ1) is 10.3. The Morgan fingerprint density at radius 3 is 2.67 bits per heavy atom. The number of carbonyl (C=O) groups excluding carboxylic acids is 1. The summed E-state index contributed by atoms with van der Waals surface area (Å²) in [6, 6.07) is 17.1. The molecular formula is C17H14N2O2. The zero-order chi connectivity index (χ0) is 14.2. The van der Waals surface area contributed by atoms with Crippen LogP contribution in [0.15, 0.2) is 59.6 Å². The number of benzene rings is 2. The molecule has 0 aromatic heterocycles. The molecule has 2 aromatic carbocycles. The number of aliphatic imine (C=N–C) groups is 1. The number of fused-ring (bicyclic) bond motifs is 3. The van der Waals surface area contributed by atoms with Crippen LogP contribution >= 0.6 is 0 Å². The van der Waals surface area contributed by atoms with Gasteiger partial charge in [-0.3, -0.25) is 4.79 Å². The Balaban J connectivity index is 1.76. The average molecular weight is 278 g/mol. The molecule has 0 fully saturated rings. The lowest BCUT2D eigenvalue weighted by molar-refractivity contribution is -0.123. The van der Waals surface area contributed by atoms with Crippen molar-refractivity contribution in [1.29, 1.82) is 0 Å². The average Bonchev–Trinajstić information content (AvgIpc) is 2.94. The van der Waals surface area contributed by atoms with Gasteiger partial charge in [0.2, 0.25) is 11.8 Å². The first-order valence-electron chi connectivity index (χ1n) is 6.98. The normalized spacial score (nSPS) is 23.2. The van der Waals surface area contributed by atoms with Crippen molar-refractivity contribution in [3.8, 4) is 0 Å². The number of nitrogens with one attached hydrogen (secondary N) is 1. The van der Waals surface area contributed by atoms with E-state index in [4.69, 9.17) is 4.74 Å². The number of hydrogen-bond donors (Lipinski definition) is 1. The maximum absolute atomic E-state index is 12.2. The first kappa shape index (κ1) is 12.1. The van der Waals surface area contributed by atoms with Crippen LogP contribution in [0.25, 0.3) is 0 Å². The molecule has 1 N–H and O–H groups in total. The molecule has 2 atom stereocenters. The molecular weight excluding hydrogens is 264 g/mol. The van der Waals surface area contributed by atoms with Crippen molar-refractivity contribution in [1.82, 2.24) is 5.32 Å². The second-order valence-corrected chi connectivity index (χ2v) is 5.20. The van der Waals surface area contributed by atoms with Crippen molar-refractivity contribution in [3.63, 3.8) is 0 Å². The van der Waals surface area contributed by atoms with Gasteiger partial charge < -0.3 is 10.1 Å². The zero-order valence-corrected chi connectivity index (χ0v) is 11.3. The largest absolute Gasteiger partial charge is 0.466 e. The number of hydrogen-bond acceptors (Lipinski definition) is 3. The Hall–Kier alpha value is -2.62. The molecule has 2 unspecified atom stereocenters. The van der Waals surface area contributed by atoms with Crippen molar-refractivity contribution in [2.75, 3.05) is 0 Å². The van der Waals surface area contributed by atoms with Crippen LogP contribution in [0.1, 0.15) is 22.8 Å². The Labute approximate surface area is 122 Å². The number of ether oxygens (including phenoxy) is 1. The number of carbonyl (C=O) groups is 1. The fourth-order valence-electron chi connectivity index (χ4n) is 2.82. The minimum absolute atomic E-state index is 0.0814. The lowest BCUT2D eigenvalue weighted by Gasteiger charge is -2.15. The number of nitrogens with zero attached hydrogens (tertiary/aromatic N) is 1. The van der Waals surface area contributed by atoms with Gasteiger partial charge in [-0.15, -0.1) is 0 Å². The molecule has 104 valence electrons. The van der Waals surface area contributed by atoms with Gasteiger partial charge in [0.25, 0.3) is 0 Å². The summed E-state index contributed by atoms with van der Waals surface area (Å²) in [7, 11) is 0. The van der Waals surface area contributed by atoms with Crippen molar-refractivity contribution < 1.29 is 9.53 Å². The molecule has 4 rings (SSSR count). The molecule has 1 amide bonds. The van der Waals surface area contributed by atoms with Crippen LogP contribution in [0.5, 0.6) is 0 Å². The Morgan fingerprint density at radius 2 is 1.81 bits per heavy atom. The van der Waals surface area contributed by atoms with Gasteiger partial charge in [0.1, 0.15) is 0 Å². The van der Waals surface area contributed by atoms with Crippen LogP contribution in [0.3, 0.4) is 0 Å². The van der Waals surface area contributed by atoms with Gasteiger partial charge >= 0.3 is 0 Å².